The third-order valence-electron chi connectivity index (χ3n) is 5.66. The standard InChI is InChI=1S/C23H24N4S.C2HF3O2/c24-18-4-3-13-27(15-18)14-16-7-9-17(10-8-16)21-11-12-22(28-21)23-25-19-5-1-2-6-20(19)26-23;3-2(4,5)1(6)7/h1-2,5-12,18H,3-4,13-15,24H2,(H,25,26);(H,6,7). The van der Waals surface area contributed by atoms with E-state index in [1.807, 2.05) is 18.2 Å². The van der Waals surface area contributed by atoms with E-state index in [9.17, 15) is 13.2 Å². The van der Waals surface area contributed by atoms with E-state index in [1.165, 1.54) is 22.4 Å². The minimum absolute atomic E-state index is 0.329. The number of fused-ring (bicyclic) bond motifs is 1. The van der Waals surface area contributed by atoms with Crippen molar-refractivity contribution in [1.82, 2.24) is 14.9 Å². The van der Waals surface area contributed by atoms with Gasteiger partial charge in [0.15, 0.2) is 0 Å². The topological polar surface area (TPSA) is 95.2 Å². The smallest absolute Gasteiger partial charge is 0.475 e. The monoisotopic (exact) mass is 502 g/mol. The van der Waals surface area contributed by atoms with Gasteiger partial charge >= 0.3 is 12.1 Å². The van der Waals surface area contributed by atoms with Crippen molar-refractivity contribution in [1.29, 1.82) is 0 Å². The summed E-state index contributed by atoms with van der Waals surface area (Å²) >= 11 is 1.78. The van der Waals surface area contributed by atoms with Crippen LogP contribution in [0.1, 0.15) is 18.4 Å². The highest BCUT2D eigenvalue weighted by molar-refractivity contribution is 7.18. The van der Waals surface area contributed by atoms with Gasteiger partial charge in [0.2, 0.25) is 0 Å². The number of carboxylic acid groups (broad SMARTS) is 1. The van der Waals surface area contributed by atoms with Gasteiger partial charge in [-0.2, -0.15) is 13.2 Å². The van der Waals surface area contributed by atoms with Gasteiger partial charge in [0, 0.05) is 24.0 Å². The number of piperidine rings is 1. The number of alkyl halides is 3. The number of para-hydroxylation sites is 2. The third-order valence-corrected chi connectivity index (χ3v) is 6.80. The largest absolute Gasteiger partial charge is 0.490 e. The molecule has 2 aromatic heterocycles. The molecule has 0 spiro atoms. The van der Waals surface area contributed by atoms with Gasteiger partial charge in [0.25, 0.3) is 0 Å². The summed E-state index contributed by atoms with van der Waals surface area (Å²) in [4.78, 5) is 21.9. The number of carboxylic acids is 1. The lowest BCUT2D eigenvalue weighted by Gasteiger charge is -2.30. The summed E-state index contributed by atoms with van der Waals surface area (Å²) in [5, 5.41) is 7.12. The van der Waals surface area contributed by atoms with E-state index in [2.05, 4.69) is 52.3 Å². The molecule has 0 radical (unpaired) electrons. The number of nitrogens with zero attached hydrogens (tertiary/aromatic N) is 2. The van der Waals surface area contributed by atoms with Crippen LogP contribution in [0.25, 0.3) is 32.2 Å². The van der Waals surface area contributed by atoms with Crippen molar-refractivity contribution in [2.75, 3.05) is 13.1 Å². The van der Waals surface area contributed by atoms with E-state index in [1.54, 1.807) is 11.3 Å². The molecule has 1 atom stereocenters. The summed E-state index contributed by atoms with van der Waals surface area (Å²) in [6.45, 7) is 3.15. The van der Waals surface area contributed by atoms with Crippen molar-refractivity contribution >= 4 is 28.3 Å². The van der Waals surface area contributed by atoms with E-state index >= 15 is 0 Å². The number of aromatic nitrogens is 2. The zero-order chi connectivity index (χ0) is 25.0. The summed E-state index contributed by atoms with van der Waals surface area (Å²) in [6.07, 6.45) is -2.72. The van der Waals surface area contributed by atoms with Gasteiger partial charge in [-0.1, -0.05) is 36.4 Å². The number of thiophene rings is 1. The molecule has 0 bridgehead atoms. The Kier molecular flexibility index (Phi) is 7.54. The fraction of sp³-hybridized carbons (Fsp3) is 0.280. The zero-order valence-corrected chi connectivity index (χ0v) is 19.6. The highest BCUT2D eigenvalue weighted by atomic mass is 32.1. The molecule has 35 heavy (non-hydrogen) atoms. The molecule has 3 heterocycles. The number of carbonyl (C=O) groups is 1. The van der Waals surface area contributed by atoms with E-state index in [-0.39, 0.29) is 0 Å². The molecule has 0 saturated carbocycles. The number of rotatable bonds is 4. The maximum absolute atomic E-state index is 10.6. The number of halogens is 3. The van der Waals surface area contributed by atoms with Crippen LogP contribution in [-0.4, -0.2) is 51.3 Å². The van der Waals surface area contributed by atoms with Crippen LogP contribution in [0.2, 0.25) is 0 Å². The van der Waals surface area contributed by atoms with Crippen molar-refractivity contribution in [3.8, 4) is 21.1 Å². The van der Waals surface area contributed by atoms with Gasteiger partial charge < -0.3 is 15.8 Å². The Labute approximate surface area is 204 Å². The van der Waals surface area contributed by atoms with Crippen molar-refractivity contribution < 1.29 is 23.1 Å². The number of aliphatic carboxylic acids is 1. The van der Waals surface area contributed by atoms with Crippen LogP contribution in [0.5, 0.6) is 0 Å². The molecule has 6 nitrogen and oxygen atoms in total. The van der Waals surface area contributed by atoms with E-state index in [0.29, 0.717) is 6.04 Å². The van der Waals surface area contributed by atoms with E-state index in [4.69, 9.17) is 20.6 Å². The van der Waals surface area contributed by atoms with Crippen LogP contribution in [0.15, 0.2) is 60.7 Å². The Bertz CT molecular complexity index is 1250. The summed E-state index contributed by atoms with van der Waals surface area (Å²) in [7, 11) is 0. The molecular weight excluding hydrogens is 477 g/mol. The molecule has 1 aliphatic rings. The lowest BCUT2D eigenvalue weighted by molar-refractivity contribution is -0.192. The molecule has 0 amide bonds. The summed E-state index contributed by atoms with van der Waals surface area (Å²) < 4.78 is 31.7. The van der Waals surface area contributed by atoms with Crippen LogP contribution < -0.4 is 5.73 Å². The van der Waals surface area contributed by atoms with Crippen molar-refractivity contribution in [3.63, 3.8) is 0 Å². The maximum atomic E-state index is 10.6. The molecule has 1 aliphatic heterocycles. The van der Waals surface area contributed by atoms with E-state index < -0.39 is 12.1 Å². The number of imidazole rings is 1. The quantitative estimate of drug-likeness (QED) is 0.342. The molecule has 0 aliphatic carbocycles. The summed E-state index contributed by atoms with van der Waals surface area (Å²) in [6, 6.07) is 21.8. The van der Waals surface area contributed by atoms with Crippen molar-refractivity contribution in [2.45, 2.75) is 31.6 Å². The molecule has 1 saturated heterocycles. The average Bonchev–Trinajstić information content (AvgIpc) is 3.47. The van der Waals surface area contributed by atoms with Gasteiger partial charge in [-0.25, -0.2) is 9.78 Å². The molecule has 2 aromatic carbocycles. The Morgan fingerprint density at radius 1 is 1.11 bits per heavy atom. The Morgan fingerprint density at radius 2 is 1.80 bits per heavy atom. The minimum Gasteiger partial charge on any atom is -0.475 e. The minimum atomic E-state index is -5.08. The molecule has 4 N–H and O–H groups in total. The second kappa shape index (κ2) is 10.6. The Hall–Kier alpha value is -3.21. The molecule has 1 fully saturated rings. The van der Waals surface area contributed by atoms with Crippen LogP contribution in [-0.2, 0) is 11.3 Å². The van der Waals surface area contributed by atoms with Crippen LogP contribution in [0, 0.1) is 0 Å². The van der Waals surface area contributed by atoms with Crippen LogP contribution in [0.3, 0.4) is 0 Å². The number of H-pyrrole nitrogens is 1. The van der Waals surface area contributed by atoms with Crippen molar-refractivity contribution in [2.24, 2.45) is 5.73 Å². The number of aromatic amines is 1. The van der Waals surface area contributed by atoms with E-state index in [0.717, 1.165) is 47.8 Å². The fourth-order valence-corrected chi connectivity index (χ4v) is 4.91. The molecule has 10 heteroatoms. The van der Waals surface area contributed by atoms with Gasteiger partial charge in [0.1, 0.15) is 5.82 Å². The molecule has 1 unspecified atom stereocenters. The Balaban J connectivity index is 0.000000364. The number of likely N-dealkylation sites (tertiary alicyclic amines) is 1. The van der Waals surface area contributed by atoms with Gasteiger partial charge in [-0.05, 0) is 54.8 Å². The first-order chi connectivity index (χ1) is 16.7. The summed E-state index contributed by atoms with van der Waals surface area (Å²) in [5.41, 5.74) is 10.8. The highest BCUT2D eigenvalue weighted by Gasteiger charge is 2.38. The van der Waals surface area contributed by atoms with Gasteiger partial charge in [-0.15, -0.1) is 11.3 Å². The molecule has 5 rings (SSSR count). The number of benzene rings is 2. The SMILES string of the molecule is NC1CCCN(Cc2ccc(-c3ccc(-c4nc5ccccc5[nH]4)s3)cc2)C1.O=C(O)C(F)(F)F. The predicted octanol–water partition coefficient (Wildman–Crippen LogP) is 5.51. The van der Waals surface area contributed by atoms with Crippen LogP contribution in [0.4, 0.5) is 13.2 Å². The van der Waals surface area contributed by atoms with Gasteiger partial charge in [-0.3, -0.25) is 4.90 Å². The first-order valence-corrected chi connectivity index (χ1v) is 11.9. The molecular formula is C25H25F3N4O2S. The van der Waals surface area contributed by atoms with Gasteiger partial charge in [0.05, 0.1) is 15.9 Å². The first-order valence-electron chi connectivity index (χ1n) is 11.1. The average molecular weight is 503 g/mol. The number of nitrogens with one attached hydrogen (secondary N) is 1. The van der Waals surface area contributed by atoms with Crippen molar-refractivity contribution in [3.05, 3.63) is 66.2 Å². The number of hydrogen-bond donors (Lipinski definition) is 3. The number of hydrogen-bond acceptors (Lipinski definition) is 5. The molecule has 4 aromatic rings. The third kappa shape index (κ3) is 6.47. The lowest BCUT2D eigenvalue weighted by atomic mass is 10.0. The second-order valence-electron chi connectivity index (χ2n) is 8.40. The maximum Gasteiger partial charge on any atom is 0.490 e. The lowest BCUT2D eigenvalue weighted by Crippen LogP contribution is -2.42. The fourth-order valence-electron chi connectivity index (χ4n) is 3.96. The number of nitrogens with two attached hydrogens (primary N) is 1. The first kappa shape index (κ1) is 24.9. The highest BCUT2D eigenvalue weighted by Crippen LogP contribution is 2.34. The Morgan fingerprint density at radius 3 is 2.46 bits per heavy atom. The normalized spacial score (nSPS) is 16.6. The predicted molar refractivity (Wildman–Crippen MR) is 131 cm³/mol. The zero-order valence-electron chi connectivity index (χ0n) is 18.8. The second-order valence-corrected chi connectivity index (χ2v) is 9.49. The van der Waals surface area contributed by atoms with Crippen LogP contribution >= 0.6 is 11.3 Å². The summed E-state index contributed by atoms with van der Waals surface area (Å²) in [5.74, 6) is -1.82. The molecule has 184 valence electrons.